The fourth-order valence-corrected chi connectivity index (χ4v) is 3.44. The molecule has 1 heterocycles. The minimum absolute atomic E-state index is 0.850. The van der Waals surface area contributed by atoms with Gasteiger partial charge < -0.3 is 0 Å². The van der Waals surface area contributed by atoms with Crippen molar-refractivity contribution in [2.75, 3.05) is 26.2 Å². The van der Waals surface area contributed by atoms with E-state index in [0.29, 0.717) is 0 Å². The lowest BCUT2D eigenvalue weighted by atomic mass is 10.1. The molecule has 0 unspecified atom stereocenters. The van der Waals surface area contributed by atoms with E-state index in [2.05, 4.69) is 51.0 Å². The van der Waals surface area contributed by atoms with Crippen molar-refractivity contribution in [2.45, 2.75) is 13.5 Å². The zero-order chi connectivity index (χ0) is 16.9. The topological polar surface area (TPSA) is 18.8 Å². The van der Waals surface area contributed by atoms with E-state index in [1.807, 2.05) is 30.3 Å². The molecule has 1 aliphatic heterocycles. The van der Waals surface area contributed by atoms with Crippen LogP contribution in [0.4, 0.5) is 0 Å². The average molecular weight is 407 g/mol. The van der Waals surface area contributed by atoms with Crippen molar-refractivity contribution in [3.05, 3.63) is 69.2 Å². The van der Waals surface area contributed by atoms with Gasteiger partial charge in [-0.2, -0.15) is 5.10 Å². The van der Waals surface area contributed by atoms with Gasteiger partial charge in [-0.1, -0.05) is 57.9 Å². The Balaban J connectivity index is 1.57. The molecule has 0 N–H and O–H groups in total. The van der Waals surface area contributed by atoms with Crippen LogP contribution in [0.5, 0.6) is 0 Å². The van der Waals surface area contributed by atoms with Crippen molar-refractivity contribution in [3.8, 4) is 0 Å². The molecule has 24 heavy (non-hydrogen) atoms. The lowest BCUT2D eigenvalue weighted by molar-refractivity contribution is 0.130. The predicted molar refractivity (Wildman–Crippen MR) is 105 cm³/mol. The summed E-state index contributed by atoms with van der Waals surface area (Å²) in [4.78, 5) is 2.43. The molecule has 2 aromatic carbocycles. The summed E-state index contributed by atoms with van der Waals surface area (Å²) in [5, 5.41) is 7.80. The van der Waals surface area contributed by atoms with Crippen molar-refractivity contribution in [1.29, 1.82) is 0 Å². The van der Waals surface area contributed by atoms with Gasteiger partial charge in [-0.05, 0) is 36.2 Å². The maximum absolute atomic E-state index is 6.26. The second-order valence-corrected chi connectivity index (χ2v) is 7.34. The predicted octanol–water partition coefficient (Wildman–Crippen LogP) is 4.64. The van der Waals surface area contributed by atoms with Crippen LogP contribution in [-0.4, -0.2) is 41.8 Å². The second kappa shape index (κ2) is 8.15. The first kappa shape index (κ1) is 17.5. The second-order valence-electron chi connectivity index (χ2n) is 6.02. The summed E-state index contributed by atoms with van der Waals surface area (Å²) in [6.07, 6.45) is 0. The number of halogens is 2. The van der Waals surface area contributed by atoms with E-state index in [9.17, 15) is 0 Å². The normalized spacial score (nSPS) is 16.5. The van der Waals surface area contributed by atoms with Crippen LogP contribution in [0.25, 0.3) is 0 Å². The first-order valence-corrected chi connectivity index (χ1v) is 9.31. The van der Waals surface area contributed by atoms with Gasteiger partial charge in [0.05, 0.1) is 5.71 Å². The van der Waals surface area contributed by atoms with Gasteiger partial charge in [0.25, 0.3) is 0 Å². The van der Waals surface area contributed by atoms with Crippen LogP contribution in [0.3, 0.4) is 0 Å². The quantitative estimate of drug-likeness (QED) is 0.689. The molecule has 1 fully saturated rings. The Kier molecular flexibility index (Phi) is 5.93. The van der Waals surface area contributed by atoms with E-state index in [1.54, 1.807) is 0 Å². The van der Waals surface area contributed by atoms with Crippen LogP contribution >= 0.6 is 27.5 Å². The molecule has 0 atom stereocenters. The molecule has 0 amide bonds. The number of hydrazone groups is 1. The minimum Gasteiger partial charge on any atom is -0.295 e. The number of nitrogens with zero attached hydrogens (tertiary/aromatic N) is 3. The molecule has 0 spiro atoms. The highest BCUT2D eigenvalue weighted by atomic mass is 79.9. The molecule has 0 bridgehead atoms. The van der Waals surface area contributed by atoms with E-state index in [-0.39, 0.29) is 0 Å². The summed E-state index contributed by atoms with van der Waals surface area (Å²) in [7, 11) is 0. The van der Waals surface area contributed by atoms with Gasteiger partial charge in [0.15, 0.2) is 0 Å². The first-order chi connectivity index (χ1) is 11.6. The molecule has 1 saturated heterocycles. The third kappa shape index (κ3) is 4.59. The van der Waals surface area contributed by atoms with Gasteiger partial charge in [0.1, 0.15) is 0 Å². The van der Waals surface area contributed by atoms with Crippen molar-refractivity contribution < 1.29 is 0 Å². The first-order valence-electron chi connectivity index (χ1n) is 8.13. The monoisotopic (exact) mass is 405 g/mol. The van der Waals surface area contributed by atoms with Gasteiger partial charge in [-0.3, -0.25) is 9.91 Å². The third-order valence-corrected chi connectivity index (χ3v) is 5.10. The molecule has 2 aromatic rings. The SMILES string of the molecule is CC(=NN1CCN(Cc2ccccc2Cl)CC1)c1cccc(Br)c1. The molecule has 0 saturated carbocycles. The van der Waals surface area contributed by atoms with E-state index >= 15 is 0 Å². The van der Waals surface area contributed by atoms with Crippen molar-refractivity contribution >= 4 is 33.2 Å². The molecule has 3 rings (SSSR count). The van der Waals surface area contributed by atoms with Gasteiger partial charge in [-0.25, -0.2) is 0 Å². The molecule has 5 heteroatoms. The van der Waals surface area contributed by atoms with Gasteiger partial charge in [-0.15, -0.1) is 0 Å². The molecule has 1 aliphatic rings. The van der Waals surface area contributed by atoms with Crippen molar-refractivity contribution in [1.82, 2.24) is 9.91 Å². The number of hydrogen-bond donors (Lipinski definition) is 0. The summed E-state index contributed by atoms with van der Waals surface area (Å²) in [5.41, 5.74) is 3.40. The van der Waals surface area contributed by atoms with E-state index < -0.39 is 0 Å². The van der Waals surface area contributed by atoms with Crippen LogP contribution in [-0.2, 0) is 6.54 Å². The zero-order valence-corrected chi connectivity index (χ0v) is 16.1. The summed E-state index contributed by atoms with van der Waals surface area (Å²) in [6, 6.07) is 16.4. The van der Waals surface area contributed by atoms with Crippen molar-refractivity contribution in [3.63, 3.8) is 0 Å². The van der Waals surface area contributed by atoms with Crippen LogP contribution in [0.1, 0.15) is 18.1 Å². The van der Waals surface area contributed by atoms with Crippen LogP contribution in [0, 0.1) is 0 Å². The highest BCUT2D eigenvalue weighted by Gasteiger charge is 2.17. The number of benzene rings is 2. The summed E-state index contributed by atoms with van der Waals surface area (Å²) < 4.78 is 1.08. The van der Waals surface area contributed by atoms with Gasteiger partial charge in [0, 0.05) is 42.2 Å². The Labute approximate surface area is 157 Å². The maximum Gasteiger partial charge on any atom is 0.0647 e. The molecule has 0 radical (unpaired) electrons. The van der Waals surface area contributed by atoms with Gasteiger partial charge >= 0.3 is 0 Å². The average Bonchev–Trinajstić information content (AvgIpc) is 2.58. The third-order valence-electron chi connectivity index (χ3n) is 4.23. The van der Waals surface area contributed by atoms with E-state index in [1.165, 1.54) is 5.56 Å². The molecule has 126 valence electrons. The Morgan fingerprint density at radius 1 is 1.08 bits per heavy atom. The maximum atomic E-state index is 6.26. The Morgan fingerprint density at radius 3 is 2.54 bits per heavy atom. The largest absolute Gasteiger partial charge is 0.295 e. The summed E-state index contributed by atoms with van der Waals surface area (Å²) in [6.45, 7) is 6.85. The zero-order valence-electron chi connectivity index (χ0n) is 13.8. The molecule has 3 nitrogen and oxygen atoms in total. The lowest BCUT2D eigenvalue weighted by Crippen LogP contribution is -2.43. The fraction of sp³-hybridized carbons (Fsp3) is 0.316. The minimum atomic E-state index is 0.850. The standard InChI is InChI=1S/C19H21BrClN3/c1-15(16-6-4-7-18(20)13-16)22-24-11-9-23(10-12-24)14-17-5-2-3-8-19(17)21/h2-8,13H,9-12,14H2,1H3. The Hall–Kier alpha value is -1.36. The van der Waals surface area contributed by atoms with Crippen molar-refractivity contribution in [2.24, 2.45) is 5.10 Å². The summed E-state index contributed by atoms with van der Waals surface area (Å²) in [5.74, 6) is 0. The molecule has 0 aliphatic carbocycles. The molecule has 0 aromatic heterocycles. The molecular formula is C19H21BrClN3. The Morgan fingerprint density at radius 2 is 1.83 bits per heavy atom. The van der Waals surface area contributed by atoms with E-state index in [0.717, 1.165) is 53.5 Å². The summed E-state index contributed by atoms with van der Waals surface area (Å²) >= 11 is 9.77. The van der Waals surface area contributed by atoms with Crippen LogP contribution in [0.15, 0.2) is 58.1 Å². The highest BCUT2D eigenvalue weighted by Crippen LogP contribution is 2.18. The van der Waals surface area contributed by atoms with Crippen LogP contribution in [0.2, 0.25) is 5.02 Å². The van der Waals surface area contributed by atoms with Gasteiger partial charge in [0.2, 0.25) is 0 Å². The number of rotatable bonds is 4. The number of hydrogen-bond acceptors (Lipinski definition) is 3. The highest BCUT2D eigenvalue weighted by molar-refractivity contribution is 9.10. The molecular weight excluding hydrogens is 386 g/mol. The van der Waals surface area contributed by atoms with E-state index in [4.69, 9.17) is 16.7 Å². The Bertz CT molecular complexity index is 724. The lowest BCUT2D eigenvalue weighted by Gasteiger charge is -2.33. The number of piperazine rings is 1. The van der Waals surface area contributed by atoms with Crippen LogP contribution < -0.4 is 0 Å². The fourth-order valence-electron chi connectivity index (χ4n) is 2.85. The smallest absolute Gasteiger partial charge is 0.0647 e.